The topological polar surface area (TPSA) is 62.6 Å². The molecule has 1 aromatic heterocycles. The average molecular weight is 424 g/mol. The van der Waals surface area contributed by atoms with Crippen LogP contribution < -0.4 is 5.32 Å². The number of hydrogen-bond acceptors (Lipinski definition) is 3. The molecule has 3 rings (SSSR count). The molecule has 2 amide bonds. The second-order valence-corrected chi connectivity index (χ2v) is 6.66. The van der Waals surface area contributed by atoms with Gasteiger partial charge >= 0.3 is 0 Å². The fourth-order valence-corrected chi connectivity index (χ4v) is 3.32. The van der Waals surface area contributed by atoms with Gasteiger partial charge in [0.15, 0.2) is 5.76 Å². The Morgan fingerprint density at radius 3 is 2.52 bits per heavy atom. The highest BCUT2D eigenvalue weighted by Crippen LogP contribution is 2.16. The highest BCUT2D eigenvalue weighted by atomic mass is 127. The van der Waals surface area contributed by atoms with Gasteiger partial charge in [0.25, 0.3) is 11.8 Å². The number of halogens is 1. The maximum absolute atomic E-state index is 12.3. The summed E-state index contributed by atoms with van der Waals surface area (Å²) in [5.41, 5.74) is 0.696. The van der Waals surface area contributed by atoms with Crippen LogP contribution in [-0.2, 0) is 0 Å². The van der Waals surface area contributed by atoms with E-state index in [1.165, 1.54) is 6.26 Å². The molecule has 2 heterocycles. The lowest BCUT2D eigenvalue weighted by molar-refractivity contribution is 0.0667. The Balaban J connectivity index is 1.54. The predicted octanol–water partition coefficient (Wildman–Crippen LogP) is 2.92. The van der Waals surface area contributed by atoms with Crippen LogP contribution in [0, 0.1) is 3.57 Å². The van der Waals surface area contributed by atoms with Crippen molar-refractivity contribution in [1.29, 1.82) is 0 Å². The molecule has 120 valence electrons. The molecule has 1 aliphatic heterocycles. The molecule has 0 bridgehead atoms. The van der Waals surface area contributed by atoms with Crippen LogP contribution in [0.2, 0.25) is 0 Å². The fourth-order valence-electron chi connectivity index (χ4n) is 2.69. The largest absolute Gasteiger partial charge is 0.459 e. The van der Waals surface area contributed by atoms with Crippen molar-refractivity contribution in [1.82, 2.24) is 10.2 Å². The normalized spacial score (nSPS) is 15.4. The van der Waals surface area contributed by atoms with Gasteiger partial charge in [-0.05, 0) is 59.7 Å². The third kappa shape index (κ3) is 3.74. The highest BCUT2D eigenvalue weighted by Gasteiger charge is 2.26. The van der Waals surface area contributed by atoms with E-state index in [1.54, 1.807) is 17.0 Å². The molecule has 0 radical (unpaired) electrons. The van der Waals surface area contributed by atoms with Crippen LogP contribution >= 0.6 is 22.6 Å². The van der Waals surface area contributed by atoms with E-state index in [2.05, 4.69) is 27.9 Å². The van der Waals surface area contributed by atoms with Crippen molar-refractivity contribution in [2.75, 3.05) is 13.1 Å². The first-order chi connectivity index (χ1) is 11.1. The van der Waals surface area contributed by atoms with Crippen molar-refractivity contribution in [3.8, 4) is 0 Å². The fraction of sp³-hybridized carbons (Fsp3) is 0.294. The number of furan rings is 1. The quantitative estimate of drug-likeness (QED) is 0.771. The molecule has 23 heavy (non-hydrogen) atoms. The minimum atomic E-state index is -0.0858. The number of carbonyl (C=O) groups excluding carboxylic acids is 2. The first kappa shape index (κ1) is 16.0. The van der Waals surface area contributed by atoms with E-state index in [4.69, 9.17) is 4.42 Å². The number of likely N-dealkylation sites (tertiary alicyclic amines) is 1. The highest BCUT2D eigenvalue weighted by molar-refractivity contribution is 14.1. The summed E-state index contributed by atoms with van der Waals surface area (Å²) in [6, 6.07) is 11.0. The summed E-state index contributed by atoms with van der Waals surface area (Å²) in [6.45, 7) is 1.24. The summed E-state index contributed by atoms with van der Waals surface area (Å²) >= 11 is 2.16. The number of rotatable bonds is 3. The molecule has 1 fully saturated rings. The molecule has 6 heteroatoms. The number of nitrogens with one attached hydrogen (secondary N) is 1. The van der Waals surface area contributed by atoms with Crippen molar-refractivity contribution >= 4 is 34.4 Å². The minimum absolute atomic E-state index is 0.0502. The van der Waals surface area contributed by atoms with Gasteiger partial charge < -0.3 is 14.6 Å². The van der Waals surface area contributed by atoms with Gasteiger partial charge in [-0.2, -0.15) is 0 Å². The molecular formula is C17H17IN2O3. The molecule has 0 spiro atoms. The number of carbonyl (C=O) groups is 2. The molecule has 0 unspecified atom stereocenters. The van der Waals surface area contributed by atoms with E-state index < -0.39 is 0 Å². The number of benzene rings is 1. The maximum atomic E-state index is 12.3. The zero-order valence-corrected chi connectivity index (χ0v) is 14.7. The Bertz CT molecular complexity index is 692. The van der Waals surface area contributed by atoms with Crippen molar-refractivity contribution in [3.63, 3.8) is 0 Å². The molecule has 1 N–H and O–H groups in total. The standard InChI is InChI=1S/C17H17IN2O3/c18-14-5-2-1-4-13(14)16(21)19-12-7-9-20(10-8-12)17(22)15-6-3-11-23-15/h1-6,11-12H,7-10H2,(H,19,21). The van der Waals surface area contributed by atoms with E-state index in [0.29, 0.717) is 24.4 Å². The van der Waals surface area contributed by atoms with Crippen LogP contribution in [0.25, 0.3) is 0 Å². The first-order valence-electron chi connectivity index (χ1n) is 7.53. The second-order valence-electron chi connectivity index (χ2n) is 5.50. The van der Waals surface area contributed by atoms with Crippen molar-refractivity contribution in [3.05, 3.63) is 57.6 Å². The van der Waals surface area contributed by atoms with E-state index in [9.17, 15) is 9.59 Å². The van der Waals surface area contributed by atoms with E-state index >= 15 is 0 Å². The molecule has 0 aliphatic carbocycles. The molecule has 5 nitrogen and oxygen atoms in total. The zero-order chi connectivity index (χ0) is 16.2. The van der Waals surface area contributed by atoms with Crippen LogP contribution in [0.4, 0.5) is 0 Å². The lowest BCUT2D eigenvalue weighted by Gasteiger charge is -2.32. The molecule has 2 aromatic rings. The van der Waals surface area contributed by atoms with Crippen LogP contribution in [0.15, 0.2) is 47.1 Å². The van der Waals surface area contributed by atoms with Crippen LogP contribution in [0.5, 0.6) is 0 Å². The van der Waals surface area contributed by atoms with E-state index in [0.717, 1.165) is 16.4 Å². The number of amides is 2. The summed E-state index contributed by atoms with van der Waals surface area (Å²) in [7, 11) is 0. The zero-order valence-electron chi connectivity index (χ0n) is 12.5. The predicted molar refractivity (Wildman–Crippen MR) is 94.3 cm³/mol. The lowest BCUT2D eigenvalue weighted by Crippen LogP contribution is -2.46. The number of nitrogens with zero attached hydrogens (tertiary/aromatic N) is 1. The average Bonchev–Trinajstić information content (AvgIpc) is 3.09. The van der Waals surface area contributed by atoms with Crippen LogP contribution in [0.1, 0.15) is 33.8 Å². The smallest absolute Gasteiger partial charge is 0.289 e. The van der Waals surface area contributed by atoms with Crippen molar-refractivity contribution in [2.24, 2.45) is 0 Å². The minimum Gasteiger partial charge on any atom is -0.459 e. The number of hydrogen-bond donors (Lipinski definition) is 1. The third-order valence-electron chi connectivity index (χ3n) is 3.97. The van der Waals surface area contributed by atoms with Gasteiger partial charge in [0.2, 0.25) is 0 Å². The molecular weight excluding hydrogens is 407 g/mol. The van der Waals surface area contributed by atoms with Gasteiger partial charge in [0.05, 0.1) is 11.8 Å². The van der Waals surface area contributed by atoms with Crippen LogP contribution in [-0.4, -0.2) is 35.8 Å². The van der Waals surface area contributed by atoms with E-state index in [-0.39, 0.29) is 17.9 Å². The van der Waals surface area contributed by atoms with Crippen LogP contribution in [0.3, 0.4) is 0 Å². The summed E-state index contributed by atoms with van der Waals surface area (Å²) in [5.74, 6) is 0.231. The molecule has 1 aliphatic rings. The van der Waals surface area contributed by atoms with E-state index in [1.807, 2.05) is 24.3 Å². The lowest BCUT2D eigenvalue weighted by atomic mass is 10.0. The SMILES string of the molecule is O=C(NC1CCN(C(=O)c2ccco2)CC1)c1ccccc1I. The Morgan fingerprint density at radius 2 is 1.87 bits per heavy atom. The second kappa shape index (κ2) is 7.16. The summed E-state index contributed by atoms with van der Waals surface area (Å²) in [4.78, 5) is 26.3. The molecule has 1 saturated heterocycles. The monoisotopic (exact) mass is 424 g/mol. The summed E-state index contributed by atoms with van der Waals surface area (Å²) in [6.07, 6.45) is 3.00. The summed E-state index contributed by atoms with van der Waals surface area (Å²) in [5, 5.41) is 3.07. The Labute approximate surface area is 148 Å². The third-order valence-corrected chi connectivity index (χ3v) is 4.91. The van der Waals surface area contributed by atoms with Gasteiger partial charge in [-0.25, -0.2) is 0 Å². The molecule has 1 aromatic carbocycles. The molecule has 0 atom stereocenters. The van der Waals surface area contributed by atoms with Crippen molar-refractivity contribution < 1.29 is 14.0 Å². The Hall–Kier alpha value is -1.83. The van der Waals surface area contributed by atoms with Gasteiger partial charge in [0, 0.05) is 22.7 Å². The van der Waals surface area contributed by atoms with Gasteiger partial charge in [0.1, 0.15) is 0 Å². The molecule has 0 saturated carbocycles. The van der Waals surface area contributed by atoms with Crippen molar-refractivity contribution in [2.45, 2.75) is 18.9 Å². The maximum Gasteiger partial charge on any atom is 0.289 e. The Morgan fingerprint density at radius 1 is 1.13 bits per heavy atom. The van der Waals surface area contributed by atoms with Gasteiger partial charge in [-0.3, -0.25) is 9.59 Å². The van der Waals surface area contributed by atoms with Gasteiger partial charge in [-0.15, -0.1) is 0 Å². The summed E-state index contributed by atoms with van der Waals surface area (Å²) < 4.78 is 6.09. The Kier molecular flexibility index (Phi) is 5.00. The number of piperidine rings is 1. The van der Waals surface area contributed by atoms with Gasteiger partial charge in [-0.1, -0.05) is 12.1 Å². The first-order valence-corrected chi connectivity index (χ1v) is 8.61.